The first kappa shape index (κ1) is 18.7. The van der Waals surface area contributed by atoms with Gasteiger partial charge in [-0.15, -0.1) is 0 Å². The highest BCUT2D eigenvalue weighted by molar-refractivity contribution is 6.51. The maximum Gasteiger partial charge on any atom is 0.218 e. The fraction of sp³-hybridized carbons (Fsp3) is 0.444. The van der Waals surface area contributed by atoms with Crippen LogP contribution >= 0.6 is 0 Å². The average molecular weight is 387 g/mol. The Kier molecular flexibility index (Phi) is 4.94. The molecule has 0 saturated carbocycles. The van der Waals surface area contributed by atoms with Crippen LogP contribution in [0, 0.1) is 0 Å². The van der Waals surface area contributed by atoms with Crippen LogP contribution in [-0.4, -0.2) is 82.8 Å². The number of aliphatic imine (C=N–C) groups is 3. The molecule has 0 spiro atoms. The molecule has 0 aromatic heterocycles. The largest absolute Gasteiger partial charge is 0.486 e. The van der Waals surface area contributed by atoms with Crippen LogP contribution in [0.5, 0.6) is 5.75 Å². The summed E-state index contributed by atoms with van der Waals surface area (Å²) < 4.78 is 11.2. The Labute approximate surface area is 161 Å². The van der Waals surface area contributed by atoms with Crippen molar-refractivity contribution in [2.45, 2.75) is 30.5 Å². The van der Waals surface area contributed by atoms with Crippen molar-refractivity contribution in [1.82, 2.24) is 4.90 Å². The second-order valence-corrected chi connectivity index (χ2v) is 6.72. The first-order valence-electron chi connectivity index (χ1n) is 8.91. The molecule has 0 amide bonds. The maximum absolute atomic E-state index is 12.8. The summed E-state index contributed by atoms with van der Waals surface area (Å²) in [5, 5.41) is 19.3. The second-order valence-electron chi connectivity index (χ2n) is 6.72. The molecule has 3 aliphatic rings. The Morgan fingerprint density at radius 1 is 1.39 bits per heavy atom. The van der Waals surface area contributed by atoms with Crippen molar-refractivity contribution < 1.29 is 24.5 Å². The van der Waals surface area contributed by atoms with Crippen LogP contribution in [0.1, 0.15) is 6.42 Å². The fourth-order valence-electron chi connectivity index (χ4n) is 3.36. The van der Waals surface area contributed by atoms with Crippen molar-refractivity contribution in [3.63, 3.8) is 0 Å². The molecule has 4 N–H and O–H groups in total. The van der Waals surface area contributed by atoms with E-state index in [-0.39, 0.29) is 32.0 Å². The van der Waals surface area contributed by atoms with E-state index < -0.39 is 29.9 Å². The highest BCUT2D eigenvalue weighted by Gasteiger charge is 2.49. The number of carbonyl (C=O) groups excluding carboxylic acids is 1. The minimum absolute atomic E-state index is 0.166. The summed E-state index contributed by atoms with van der Waals surface area (Å²) in [6, 6.07) is 8.93. The van der Waals surface area contributed by atoms with Gasteiger partial charge in [0.25, 0.3) is 0 Å². The molecule has 4 rings (SSSR count). The molecule has 10 nitrogen and oxygen atoms in total. The molecular formula is C18H21N5O5. The molecule has 1 aromatic rings. The number of aliphatic hydroxyl groups excluding tert-OH is 2. The van der Waals surface area contributed by atoms with E-state index in [4.69, 9.17) is 15.2 Å². The van der Waals surface area contributed by atoms with Gasteiger partial charge in [-0.25, -0.2) is 9.98 Å². The van der Waals surface area contributed by atoms with Crippen LogP contribution in [0.25, 0.3) is 0 Å². The normalized spacial score (nSPS) is 31.4. The van der Waals surface area contributed by atoms with Gasteiger partial charge in [0.05, 0.1) is 12.7 Å². The minimum atomic E-state index is -1.70. The number of hydrogen-bond donors (Lipinski definition) is 3. The van der Waals surface area contributed by atoms with Gasteiger partial charge in [0.1, 0.15) is 36.8 Å². The molecule has 28 heavy (non-hydrogen) atoms. The summed E-state index contributed by atoms with van der Waals surface area (Å²) in [5.41, 5.74) is 4.84. The lowest BCUT2D eigenvalue weighted by Crippen LogP contribution is -2.60. The smallest absolute Gasteiger partial charge is 0.218 e. The molecule has 0 bridgehead atoms. The first-order valence-corrected chi connectivity index (χ1v) is 8.91. The summed E-state index contributed by atoms with van der Waals surface area (Å²) in [4.78, 5) is 27.1. The maximum atomic E-state index is 12.8. The molecule has 3 heterocycles. The monoisotopic (exact) mass is 387 g/mol. The average Bonchev–Trinajstić information content (AvgIpc) is 3.31. The molecule has 0 aliphatic carbocycles. The fourth-order valence-corrected chi connectivity index (χ4v) is 3.36. The SMILES string of the molecule is NC1(C(=O)COc2ccccc2)N=CN=C2C1=NCN2[C@H]1C[C@H](O)[C@@H](CO)O1. The molecular weight excluding hydrogens is 366 g/mol. The van der Waals surface area contributed by atoms with Crippen molar-refractivity contribution in [2.24, 2.45) is 20.7 Å². The number of ether oxygens (including phenoxy) is 2. The van der Waals surface area contributed by atoms with Gasteiger partial charge < -0.3 is 24.6 Å². The molecule has 148 valence electrons. The minimum Gasteiger partial charge on any atom is -0.486 e. The van der Waals surface area contributed by atoms with Crippen molar-refractivity contribution in [2.75, 3.05) is 19.9 Å². The van der Waals surface area contributed by atoms with Gasteiger partial charge >= 0.3 is 0 Å². The summed E-state index contributed by atoms with van der Waals surface area (Å²) in [7, 11) is 0. The van der Waals surface area contributed by atoms with Crippen LogP contribution in [0.2, 0.25) is 0 Å². The Bertz CT molecular complexity index is 842. The van der Waals surface area contributed by atoms with Gasteiger partial charge in [0.2, 0.25) is 11.4 Å². The molecule has 4 atom stereocenters. The highest BCUT2D eigenvalue weighted by Crippen LogP contribution is 2.28. The number of benzene rings is 1. The van der Waals surface area contributed by atoms with E-state index in [1.165, 1.54) is 6.34 Å². The van der Waals surface area contributed by atoms with Crippen molar-refractivity contribution in [3.8, 4) is 5.75 Å². The van der Waals surface area contributed by atoms with Crippen molar-refractivity contribution in [3.05, 3.63) is 30.3 Å². The zero-order valence-corrected chi connectivity index (χ0v) is 15.0. The molecule has 1 saturated heterocycles. The number of nitrogens with zero attached hydrogens (tertiary/aromatic N) is 4. The summed E-state index contributed by atoms with van der Waals surface area (Å²) in [6.45, 7) is -0.391. The van der Waals surface area contributed by atoms with Crippen LogP contribution in [-0.2, 0) is 9.53 Å². The van der Waals surface area contributed by atoms with Gasteiger partial charge in [0.15, 0.2) is 12.4 Å². The lowest BCUT2D eigenvalue weighted by molar-refractivity contribution is -0.123. The van der Waals surface area contributed by atoms with E-state index in [9.17, 15) is 15.0 Å². The number of para-hydroxylation sites is 1. The van der Waals surface area contributed by atoms with Gasteiger partial charge in [0, 0.05) is 6.42 Å². The van der Waals surface area contributed by atoms with E-state index in [1.54, 1.807) is 29.2 Å². The van der Waals surface area contributed by atoms with Crippen LogP contribution < -0.4 is 10.5 Å². The van der Waals surface area contributed by atoms with Crippen LogP contribution in [0.3, 0.4) is 0 Å². The highest BCUT2D eigenvalue weighted by atomic mass is 16.5. The van der Waals surface area contributed by atoms with Crippen molar-refractivity contribution in [1.29, 1.82) is 0 Å². The van der Waals surface area contributed by atoms with E-state index >= 15 is 0 Å². The third-order valence-electron chi connectivity index (χ3n) is 4.94. The molecule has 1 aromatic carbocycles. The summed E-state index contributed by atoms with van der Waals surface area (Å²) in [6.07, 6.45) is -0.482. The topological polar surface area (TPSA) is 142 Å². The lowest BCUT2D eigenvalue weighted by atomic mass is 9.98. The molecule has 1 fully saturated rings. The van der Waals surface area contributed by atoms with E-state index in [0.29, 0.717) is 11.6 Å². The van der Waals surface area contributed by atoms with E-state index in [2.05, 4.69) is 15.0 Å². The Morgan fingerprint density at radius 3 is 2.89 bits per heavy atom. The number of Topliss-reactive ketones (excluding diaryl/α,β-unsaturated/α-hetero) is 1. The number of rotatable bonds is 6. The third-order valence-corrected chi connectivity index (χ3v) is 4.94. The number of carbonyl (C=O) groups is 1. The molecule has 0 radical (unpaired) electrons. The van der Waals surface area contributed by atoms with Gasteiger partial charge in [-0.1, -0.05) is 18.2 Å². The van der Waals surface area contributed by atoms with Gasteiger partial charge in [-0.2, -0.15) is 0 Å². The Balaban J connectivity index is 1.47. The van der Waals surface area contributed by atoms with Gasteiger partial charge in [-0.05, 0) is 12.1 Å². The second kappa shape index (κ2) is 7.40. The predicted molar refractivity (Wildman–Crippen MR) is 100 cm³/mol. The lowest BCUT2D eigenvalue weighted by Gasteiger charge is -2.30. The molecule has 10 heteroatoms. The number of nitrogens with two attached hydrogens (primary N) is 1. The Morgan fingerprint density at radius 2 is 2.18 bits per heavy atom. The van der Waals surface area contributed by atoms with Gasteiger partial charge in [-0.3, -0.25) is 15.5 Å². The van der Waals surface area contributed by atoms with E-state index in [1.807, 2.05) is 6.07 Å². The number of hydrogen-bond acceptors (Lipinski definition) is 10. The van der Waals surface area contributed by atoms with Crippen LogP contribution in [0.4, 0.5) is 0 Å². The summed E-state index contributed by atoms with van der Waals surface area (Å²) >= 11 is 0. The molecule has 3 aliphatic heterocycles. The Hall–Kier alpha value is -2.66. The zero-order chi connectivity index (χ0) is 19.7. The van der Waals surface area contributed by atoms with Crippen LogP contribution in [0.15, 0.2) is 45.3 Å². The quantitative estimate of drug-likeness (QED) is 0.563. The number of aliphatic hydroxyl groups is 2. The third kappa shape index (κ3) is 3.20. The summed E-state index contributed by atoms with van der Waals surface area (Å²) in [5.74, 6) is 0.467. The number of fused-ring (bicyclic) bond motifs is 1. The van der Waals surface area contributed by atoms with E-state index in [0.717, 1.165) is 0 Å². The standard InChI is InChI=1S/C18H21N5O5/c19-18(14(26)8-27-11-4-2-1-3-5-11)16-17(20-9-22-18)23(10-21-16)15-6-12(25)13(7-24)28-15/h1-5,9,12-13,15,24-25H,6-8,10,19H2/t12-,13+,15+,18?/m0/s1. The first-order chi connectivity index (χ1) is 13.5. The number of ketones is 1. The number of amidine groups is 1. The van der Waals surface area contributed by atoms with Crippen molar-refractivity contribution >= 4 is 23.7 Å². The molecule has 1 unspecified atom stereocenters. The zero-order valence-electron chi connectivity index (χ0n) is 15.0. The predicted octanol–water partition coefficient (Wildman–Crippen LogP) is -1.09.